The minimum absolute atomic E-state index is 0.447. The lowest BCUT2D eigenvalue weighted by atomic mass is 10.1. The highest BCUT2D eigenvalue weighted by Crippen LogP contribution is 2.46. The van der Waals surface area contributed by atoms with Crippen LogP contribution in [0.1, 0.15) is 49.9 Å². The molecule has 0 amide bonds. The quantitative estimate of drug-likeness (QED) is 0.899. The van der Waals surface area contributed by atoms with Gasteiger partial charge < -0.3 is 14.6 Å². The summed E-state index contributed by atoms with van der Waals surface area (Å²) in [4.78, 5) is 0. The second-order valence-corrected chi connectivity index (χ2v) is 7.34. The summed E-state index contributed by atoms with van der Waals surface area (Å²) in [6.07, 6.45) is 6.26. The molecule has 2 aliphatic carbocycles. The normalized spacial score (nSPS) is 30.6. The van der Waals surface area contributed by atoms with Gasteiger partial charge in [-0.1, -0.05) is 11.8 Å². The molecule has 2 heterocycles. The summed E-state index contributed by atoms with van der Waals surface area (Å²) in [5, 5.41) is 14.0. The Bertz CT molecular complexity index is 484. The van der Waals surface area contributed by atoms with Gasteiger partial charge in [0.15, 0.2) is 5.16 Å². The Morgan fingerprint density at radius 2 is 2.05 bits per heavy atom. The SMILES string of the molecule is CNC1CCOCC1Sc1nnc(C2CC2)n1C1CC1. The molecule has 5 nitrogen and oxygen atoms in total. The molecule has 0 radical (unpaired) electrons. The first kappa shape index (κ1) is 13.1. The molecule has 1 aromatic rings. The Kier molecular flexibility index (Phi) is 3.48. The third-order valence-electron chi connectivity index (χ3n) is 4.48. The molecular weight excluding hydrogens is 272 g/mol. The fourth-order valence-electron chi connectivity index (χ4n) is 2.96. The molecule has 6 heteroatoms. The standard InChI is InChI=1S/C14H22N4OS/c1-15-11-6-7-19-8-12(11)20-14-17-16-13(9-2-3-9)18(14)10-4-5-10/h9-12,15H,2-8H2,1H3. The van der Waals surface area contributed by atoms with Crippen molar-refractivity contribution in [2.75, 3.05) is 20.3 Å². The molecule has 1 saturated heterocycles. The number of nitrogens with zero attached hydrogens (tertiary/aromatic N) is 3. The lowest BCUT2D eigenvalue weighted by molar-refractivity contribution is 0.0849. The van der Waals surface area contributed by atoms with E-state index in [1.54, 1.807) is 0 Å². The Hall–Kier alpha value is -0.590. The van der Waals surface area contributed by atoms with Crippen LogP contribution in [0.25, 0.3) is 0 Å². The average molecular weight is 294 g/mol. The maximum absolute atomic E-state index is 5.65. The van der Waals surface area contributed by atoms with Gasteiger partial charge in [0, 0.05) is 24.6 Å². The van der Waals surface area contributed by atoms with Crippen LogP contribution >= 0.6 is 11.8 Å². The number of ether oxygens (including phenoxy) is 1. The Morgan fingerprint density at radius 3 is 2.75 bits per heavy atom. The van der Waals surface area contributed by atoms with Crippen molar-refractivity contribution in [3.05, 3.63) is 5.82 Å². The van der Waals surface area contributed by atoms with Gasteiger partial charge in [-0.15, -0.1) is 10.2 Å². The largest absolute Gasteiger partial charge is 0.380 e. The topological polar surface area (TPSA) is 52.0 Å². The summed E-state index contributed by atoms with van der Waals surface area (Å²) in [6, 6.07) is 1.18. The number of hydrogen-bond acceptors (Lipinski definition) is 5. The first-order valence-electron chi connectivity index (χ1n) is 7.73. The second kappa shape index (κ2) is 5.31. The van der Waals surface area contributed by atoms with Crippen molar-refractivity contribution in [1.82, 2.24) is 20.1 Å². The van der Waals surface area contributed by atoms with Crippen molar-refractivity contribution < 1.29 is 4.74 Å². The molecule has 4 rings (SSSR count). The molecule has 110 valence electrons. The molecule has 0 bridgehead atoms. The molecule has 3 fully saturated rings. The van der Waals surface area contributed by atoms with Gasteiger partial charge in [-0.2, -0.15) is 0 Å². The third-order valence-corrected chi connectivity index (χ3v) is 5.73. The van der Waals surface area contributed by atoms with Crippen LogP contribution in [0.3, 0.4) is 0 Å². The number of hydrogen-bond donors (Lipinski definition) is 1. The van der Waals surface area contributed by atoms with Crippen LogP contribution in [-0.4, -0.2) is 46.3 Å². The third kappa shape index (κ3) is 2.49. The maximum atomic E-state index is 5.65. The van der Waals surface area contributed by atoms with Gasteiger partial charge >= 0.3 is 0 Å². The zero-order valence-corrected chi connectivity index (χ0v) is 12.7. The molecular formula is C14H22N4OS. The fraction of sp³-hybridized carbons (Fsp3) is 0.857. The summed E-state index contributed by atoms with van der Waals surface area (Å²) in [6.45, 7) is 1.68. The second-order valence-electron chi connectivity index (χ2n) is 6.13. The van der Waals surface area contributed by atoms with Gasteiger partial charge in [0.1, 0.15) is 5.82 Å². The predicted octanol–water partition coefficient (Wildman–Crippen LogP) is 1.96. The average Bonchev–Trinajstić information content (AvgIpc) is 3.39. The molecule has 1 aromatic heterocycles. The van der Waals surface area contributed by atoms with Gasteiger partial charge in [-0.05, 0) is 39.2 Å². The molecule has 1 aliphatic heterocycles. The zero-order valence-electron chi connectivity index (χ0n) is 11.9. The lowest BCUT2D eigenvalue weighted by Crippen LogP contribution is -2.43. The summed E-state index contributed by atoms with van der Waals surface area (Å²) < 4.78 is 8.08. The van der Waals surface area contributed by atoms with E-state index in [2.05, 4.69) is 20.1 Å². The molecule has 3 aliphatic rings. The summed E-state index contributed by atoms with van der Waals surface area (Å²) in [7, 11) is 2.05. The van der Waals surface area contributed by atoms with Crippen molar-refractivity contribution in [1.29, 1.82) is 0 Å². The molecule has 2 atom stereocenters. The minimum atomic E-state index is 0.447. The van der Waals surface area contributed by atoms with E-state index in [0.29, 0.717) is 23.3 Å². The van der Waals surface area contributed by atoms with Gasteiger partial charge in [0.2, 0.25) is 0 Å². The Labute approximate surface area is 123 Å². The first-order valence-corrected chi connectivity index (χ1v) is 8.61. The van der Waals surface area contributed by atoms with E-state index in [-0.39, 0.29) is 0 Å². The minimum Gasteiger partial charge on any atom is -0.380 e. The van der Waals surface area contributed by atoms with E-state index >= 15 is 0 Å². The van der Waals surface area contributed by atoms with Gasteiger partial charge in [-0.3, -0.25) is 0 Å². The van der Waals surface area contributed by atoms with Crippen LogP contribution in [-0.2, 0) is 4.74 Å². The van der Waals surface area contributed by atoms with E-state index < -0.39 is 0 Å². The molecule has 0 aromatic carbocycles. The van der Waals surface area contributed by atoms with Crippen molar-refractivity contribution >= 4 is 11.8 Å². The van der Waals surface area contributed by atoms with Crippen LogP contribution < -0.4 is 5.32 Å². The molecule has 20 heavy (non-hydrogen) atoms. The van der Waals surface area contributed by atoms with Gasteiger partial charge in [0.05, 0.1) is 11.9 Å². The number of aromatic nitrogens is 3. The van der Waals surface area contributed by atoms with Crippen molar-refractivity contribution in [2.45, 2.75) is 60.5 Å². The number of nitrogens with one attached hydrogen (secondary N) is 1. The van der Waals surface area contributed by atoms with Crippen molar-refractivity contribution in [2.24, 2.45) is 0 Å². The summed E-state index contributed by atoms with van der Waals surface area (Å²) in [5.41, 5.74) is 0. The monoisotopic (exact) mass is 294 g/mol. The highest BCUT2D eigenvalue weighted by Gasteiger charge is 2.37. The maximum Gasteiger partial charge on any atom is 0.191 e. The van der Waals surface area contributed by atoms with E-state index in [0.717, 1.165) is 24.8 Å². The Morgan fingerprint density at radius 1 is 1.20 bits per heavy atom. The van der Waals surface area contributed by atoms with E-state index in [9.17, 15) is 0 Å². The molecule has 2 saturated carbocycles. The summed E-state index contributed by atoms with van der Waals surface area (Å²) in [5.74, 6) is 1.92. The highest BCUT2D eigenvalue weighted by atomic mass is 32.2. The number of rotatable bonds is 5. The van der Waals surface area contributed by atoms with Crippen LogP contribution in [0.4, 0.5) is 0 Å². The van der Waals surface area contributed by atoms with E-state index in [1.807, 2.05) is 18.8 Å². The van der Waals surface area contributed by atoms with Crippen LogP contribution in [0.5, 0.6) is 0 Å². The van der Waals surface area contributed by atoms with Gasteiger partial charge in [-0.25, -0.2) is 0 Å². The highest BCUT2D eigenvalue weighted by molar-refractivity contribution is 7.99. The van der Waals surface area contributed by atoms with Crippen molar-refractivity contribution in [3.8, 4) is 0 Å². The van der Waals surface area contributed by atoms with E-state index in [1.165, 1.54) is 31.5 Å². The summed E-state index contributed by atoms with van der Waals surface area (Å²) >= 11 is 1.86. The lowest BCUT2D eigenvalue weighted by Gasteiger charge is -2.30. The first-order chi connectivity index (χ1) is 9.86. The zero-order chi connectivity index (χ0) is 13.5. The number of thioether (sulfide) groups is 1. The Balaban J connectivity index is 1.55. The van der Waals surface area contributed by atoms with Crippen molar-refractivity contribution in [3.63, 3.8) is 0 Å². The molecule has 0 spiro atoms. The van der Waals surface area contributed by atoms with E-state index in [4.69, 9.17) is 4.74 Å². The fourth-order valence-corrected chi connectivity index (χ4v) is 4.27. The molecule has 1 N–H and O–H groups in total. The molecule has 2 unspecified atom stereocenters. The smallest absolute Gasteiger partial charge is 0.191 e. The van der Waals surface area contributed by atoms with Gasteiger partial charge in [0.25, 0.3) is 0 Å². The van der Waals surface area contributed by atoms with Crippen LogP contribution in [0, 0.1) is 0 Å². The van der Waals surface area contributed by atoms with Crippen LogP contribution in [0.15, 0.2) is 5.16 Å². The predicted molar refractivity (Wildman–Crippen MR) is 78.2 cm³/mol. The van der Waals surface area contributed by atoms with Crippen LogP contribution in [0.2, 0.25) is 0 Å².